The van der Waals surface area contributed by atoms with Crippen LogP contribution in [0, 0.1) is 5.92 Å². The largest absolute Gasteiger partial charge is 0.393 e. The average molecular weight is 341 g/mol. The summed E-state index contributed by atoms with van der Waals surface area (Å²) in [5.74, 6) is 0.0201. The number of para-hydroxylation sites is 1. The van der Waals surface area contributed by atoms with E-state index in [1.54, 1.807) is 18.5 Å². The molecular weight excluding hydrogens is 318 g/mol. The smallest absolute Gasteiger partial charge is 0.276 e. The molecule has 1 saturated carbocycles. The molecule has 1 aromatic carbocycles. The quantitative estimate of drug-likeness (QED) is 0.674. The molecule has 2 aromatic rings. The Kier molecular flexibility index (Phi) is 5.98. The Morgan fingerprint density at radius 2 is 2.00 bits per heavy atom. The van der Waals surface area contributed by atoms with Crippen LogP contribution in [-0.4, -0.2) is 28.7 Å². The summed E-state index contributed by atoms with van der Waals surface area (Å²) in [5.41, 5.74) is 4.87. The molecule has 0 spiro atoms. The molecule has 6 nitrogen and oxygen atoms in total. The number of nitrogens with zero attached hydrogens (tertiary/aromatic N) is 1. The molecule has 1 aliphatic carbocycles. The number of aliphatic hydroxyl groups excluding tert-OH is 1. The zero-order valence-electron chi connectivity index (χ0n) is 14.0. The minimum Gasteiger partial charge on any atom is -0.393 e. The highest BCUT2D eigenvalue weighted by Crippen LogP contribution is 2.25. The van der Waals surface area contributed by atoms with Gasteiger partial charge in [-0.05, 0) is 55.0 Å². The number of carbonyl (C=O) groups is 1. The zero-order valence-corrected chi connectivity index (χ0v) is 14.0. The van der Waals surface area contributed by atoms with E-state index in [4.69, 9.17) is 4.84 Å². The van der Waals surface area contributed by atoms with Crippen molar-refractivity contribution < 1.29 is 14.7 Å². The van der Waals surface area contributed by atoms with Crippen LogP contribution >= 0.6 is 0 Å². The topological polar surface area (TPSA) is 83.5 Å². The number of rotatable bonds is 7. The third-order valence-corrected chi connectivity index (χ3v) is 4.40. The number of aromatic nitrogens is 1. The Bertz CT molecular complexity index is 693. The van der Waals surface area contributed by atoms with Gasteiger partial charge in [-0.3, -0.25) is 14.6 Å². The van der Waals surface area contributed by atoms with E-state index in [0.29, 0.717) is 24.6 Å². The number of amides is 1. The van der Waals surface area contributed by atoms with Crippen LogP contribution < -0.4 is 10.8 Å². The zero-order chi connectivity index (χ0) is 17.5. The van der Waals surface area contributed by atoms with Gasteiger partial charge in [-0.25, -0.2) is 5.48 Å². The van der Waals surface area contributed by atoms with Crippen LogP contribution in [-0.2, 0) is 11.4 Å². The first-order valence-electron chi connectivity index (χ1n) is 8.54. The number of pyridine rings is 1. The van der Waals surface area contributed by atoms with E-state index < -0.39 is 0 Å². The molecule has 0 saturated heterocycles. The second kappa shape index (κ2) is 8.60. The number of benzene rings is 1. The third-order valence-electron chi connectivity index (χ3n) is 4.40. The Morgan fingerprint density at radius 1 is 1.20 bits per heavy atom. The summed E-state index contributed by atoms with van der Waals surface area (Å²) in [6.45, 7) is 1.03. The van der Waals surface area contributed by atoms with Gasteiger partial charge in [0, 0.05) is 24.6 Å². The van der Waals surface area contributed by atoms with Crippen molar-refractivity contribution in [2.45, 2.75) is 31.9 Å². The van der Waals surface area contributed by atoms with E-state index in [0.717, 1.165) is 30.5 Å². The molecular formula is C19H23N3O3. The summed E-state index contributed by atoms with van der Waals surface area (Å²) in [4.78, 5) is 21.7. The van der Waals surface area contributed by atoms with Gasteiger partial charge in [0.15, 0.2) is 0 Å². The van der Waals surface area contributed by atoms with E-state index in [-0.39, 0.29) is 12.0 Å². The number of aliphatic hydroxyl groups is 1. The molecule has 132 valence electrons. The van der Waals surface area contributed by atoms with Crippen LogP contribution in [0.4, 0.5) is 5.69 Å². The second-order valence-electron chi connectivity index (χ2n) is 6.33. The van der Waals surface area contributed by atoms with Gasteiger partial charge in [-0.15, -0.1) is 0 Å². The Hall–Kier alpha value is -2.44. The third kappa shape index (κ3) is 5.01. The van der Waals surface area contributed by atoms with Gasteiger partial charge >= 0.3 is 0 Å². The first kappa shape index (κ1) is 17.4. The lowest BCUT2D eigenvalue weighted by molar-refractivity contribution is 0.0154. The lowest BCUT2D eigenvalue weighted by atomic mass is 10.1. The van der Waals surface area contributed by atoms with Crippen LogP contribution in [0.25, 0.3) is 0 Å². The number of carbonyl (C=O) groups excluding carboxylic acids is 1. The van der Waals surface area contributed by atoms with Crippen molar-refractivity contribution in [1.82, 2.24) is 10.5 Å². The van der Waals surface area contributed by atoms with Crippen LogP contribution in [0.3, 0.4) is 0 Å². The predicted molar refractivity (Wildman–Crippen MR) is 94.8 cm³/mol. The van der Waals surface area contributed by atoms with Gasteiger partial charge < -0.3 is 10.4 Å². The van der Waals surface area contributed by atoms with Crippen molar-refractivity contribution in [2.24, 2.45) is 5.92 Å². The predicted octanol–water partition coefficient (Wildman–Crippen LogP) is 2.52. The van der Waals surface area contributed by atoms with Crippen molar-refractivity contribution in [2.75, 3.05) is 11.9 Å². The highest BCUT2D eigenvalue weighted by molar-refractivity contribution is 5.98. The summed E-state index contributed by atoms with van der Waals surface area (Å²) in [6.07, 6.45) is 5.72. The fourth-order valence-electron chi connectivity index (χ4n) is 3.01. The summed E-state index contributed by atoms with van der Waals surface area (Å²) >= 11 is 0. The highest BCUT2D eigenvalue weighted by atomic mass is 16.7. The van der Waals surface area contributed by atoms with E-state index >= 15 is 0 Å². The lowest BCUT2D eigenvalue weighted by Crippen LogP contribution is -2.27. The summed E-state index contributed by atoms with van der Waals surface area (Å²) in [7, 11) is 0. The van der Waals surface area contributed by atoms with Gasteiger partial charge in [0.05, 0.1) is 18.3 Å². The Balaban J connectivity index is 1.53. The summed E-state index contributed by atoms with van der Waals surface area (Å²) < 4.78 is 0. The van der Waals surface area contributed by atoms with Crippen molar-refractivity contribution in [1.29, 1.82) is 0 Å². The number of hydrogen-bond acceptors (Lipinski definition) is 5. The normalized spacial score (nSPS) is 19.6. The van der Waals surface area contributed by atoms with E-state index in [1.165, 1.54) is 0 Å². The van der Waals surface area contributed by atoms with Gasteiger partial charge in [0.25, 0.3) is 5.91 Å². The number of hydrogen-bond donors (Lipinski definition) is 3. The average Bonchev–Trinajstić information content (AvgIpc) is 3.06. The molecule has 1 aromatic heterocycles. The lowest BCUT2D eigenvalue weighted by Gasteiger charge is -2.13. The van der Waals surface area contributed by atoms with E-state index in [9.17, 15) is 9.90 Å². The van der Waals surface area contributed by atoms with Crippen molar-refractivity contribution in [3.8, 4) is 0 Å². The van der Waals surface area contributed by atoms with Gasteiger partial charge in [0.2, 0.25) is 0 Å². The van der Waals surface area contributed by atoms with Gasteiger partial charge in [-0.2, -0.15) is 0 Å². The van der Waals surface area contributed by atoms with Crippen LogP contribution in [0.1, 0.15) is 35.2 Å². The molecule has 1 amide bonds. The molecule has 1 heterocycles. The van der Waals surface area contributed by atoms with E-state index in [1.807, 2.05) is 30.3 Å². The molecule has 6 heteroatoms. The number of anilines is 1. The molecule has 3 rings (SSSR count). The Labute approximate surface area is 147 Å². The molecule has 0 aliphatic heterocycles. The molecule has 3 N–H and O–H groups in total. The molecule has 25 heavy (non-hydrogen) atoms. The second-order valence-corrected chi connectivity index (χ2v) is 6.33. The van der Waals surface area contributed by atoms with Gasteiger partial charge in [-0.1, -0.05) is 12.1 Å². The minimum atomic E-state index is -0.281. The maximum absolute atomic E-state index is 12.4. The maximum atomic E-state index is 12.4. The fourth-order valence-corrected chi connectivity index (χ4v) is 3.01. The highest BCUT2D eigenvalue weighted by Gasteiger charge is 2.23. The van der Waals surface area contributed by atoms with Crippen LogP contribution in [0.5, 0.6) is 0 Å². The van der Waals surface area contributed by atoms with E-state index in [2.05, 4.69) is 15.8 Å². The van der Waals surface area contributed by atoms with Crippen molar-refractivity contribution >= 4 is 11.6 Å². The molecule has 1 aliphatic rings. The molecule has 2 atom stereocenters. The molecule has 2 unspecified atom stereocenters. The summed E-state index contributed by atoms with van der Waals surface area (Å²) in [6, 6.07) is 11.2. The number of nitrogens with one attached hydrogen (secondary N) is 2. The maximum Gasteiger partial charge on any atom is 0.276 e. The Morgan fingerprint density at radius 3 is 2.76 bits per heavy atom. The SMILES string of the molecule is O=C(NOCC1CCC(O)C1)c1ccccc1NCc1ccncc1. The number of hydroxylamine groups is 1. The van der Waals surface area contributed by atoms with Gasteiger partial charge in [0.1, 0.15) is 0 Å². The fraction of sp³-hybridized carbons (Fsp3) is 0.368. The van der Waals surface area contributed by atoms with Crippen molar-refractivity contribution in [3.05, 3.63) is 59.9 Å². The van der Waals surface area contributed by atoms with Crippen molar-refractivity contribution in [3.63, 3.8) is 0 Å². The monoisotopic (exact) mass is 341 g/mol. The van der Waals surface area contributed by atoms with Crippen LogP contribution in [0.15, 0.2) is 48.8 Å². The minimum absolute atomic E-state index is 0.234. The molecule has 0 radical (unpaired) electrons. The molecule has 0 bridgehead atoms. The first-order chi connectivity index (χ1) is 12.2. The summed E-state index contributed by atoms with van der Waals surface area (Å²) in [5, 5.41) is 12.8. The first-order valence-corrected chi connectivity index (χ1v) is 8.54. The standard InChI is InChI=1S/C19H23N3O3/c23-16-6-5-15(11-16)13-25-22-19(24)17-3-1-2-4-18(17)21-12-14-7-9-20-10-8-14/h1-4,7-10,15-16,21,23H,5-6,11-13H2,(H,22,24). The van der Waals surface area contributed by atoms with Crippen LogP contribution in [0.2, 0.25) is 0 Å². The molecule has 1 fully saturated rings.